The minimum Gasteiger partial charge on any atom is -0.466 e. The van der Waals surface area contributed by atoms with Gasteiger partial charge in [-0.25, -0.2) is 0 Å². The largest absolute Gasteiger partial charge is 0.466 e. The Morgan fingerprint density at radius 2 is 1.18 bits per heavy atom. The van der Waals surface area contributed by atoms with Crippen LogP contribution >= 0.6 is 0 Å². The van der Waals surface area contributed by atoms with E-state index in [1.54, 1.807) is 0 Å². The molecule has 1 fully saturated rings. The van der Waals surface area contributed by atoms with Gasteiger partial charge in [0.1, 0.15) is 0 Å². The van der Waals surface area contributed by atoms with E-state index in [1.165, 1.54) is 128 Å². The lowest BCUT2D eigenvalue weighted by molar-refractivity contribution is -0.143. The van der Waals surface area contributed by atoms with E-state index in [-0.39, 0.29) is 5.97 Å². The van der Waals surface area contributed by atoms with Gasteiger partial charge in [0.2, 0.25) is 0 Å². The van der Waals surface area contributed by atoms with Crippen molar-refractivity contribution in [2.75, 3.05) is 20.7 Å². The van der Waals surface area contributed by atoms with Crippen LogP contribution in [0.2, 0.25) is 0 Å². The fraction of sp³-hybridized carbons (Fsp3) is 0.968. The Bertz CT molecular complexity index is 464. The molecule has 202 valence electrons. The van der Waals surface area contributed by atoms with Gasteiger partial charge in [0.15, 0.2) is 0 Å². The van der Waals surface area contributed by atoms with E-state index < -0.39 is 0 Å². The molecule has 0 heterocycles. The number of hydrogen-bond donors (Lipinski definition) is 0. The standard InChI is InChI=1S/C31H61NO2/c1-5-7-8-9-10-13-19-24-30(32(3)4)25-20-16-15-18-23-29-27-28(29)22-17-12-11-14-21-26-31(33)34-6-2/h28-30H,5-27H2,1-4H3. The highest BCUT2D eigenvalue weighted by Gasteiger charge is 2.35. The fourth-order valence-corrected chi connectivity index (χ4v) is 5.59. The number of carbonyl (C=O) groups is 1. The zero-order valence-electron chi connectivity index (χ0n) is 23.8. The summed E-state index contributed by atoms with van der Waals surface area (Å²) < 4.78 is 4.98. The van der Waals surface area contributed by atoms with Crippen molar-refractivity contribution in [3.8, 4) is 0 Å². The molecular formula is C31H61NO2. The van der Waals surface area contributed by atoms with Gasteiger partial charge in [-0.05, 0) is 58.5 Å². The zero-order chi connectivity index (χ0) is 24.9. The summed E-state index contributed by atoms with van der Waals surface area (Å²) in [6, 6.07) is 0.800. The predicted molar refractivity (Wildman–Crippen MR) is 148 cm³/mol. The number of esters is 1. The maximum atomic E-state index is 11.3. The second-order valence-electron chi connectivity index (χ2n) is 11.4. The van der Waals surface area contributed by atoms with E-state index in [4.69, 9.17) is 4.74 Å². The number of carbonyl (C=O) groups excluding carboxylic acids is 1. The maximum absolute atomic E-state index is 11.3. The third-order valence-corrected chi connectivity index (χ3v) is 8.06. The van der Waals surface area contributed by atoms with Crippen molar-refractivity contribution >= 4 is 5.97 Å². The Hall–Kier alpha value is -0.570. The maximum Gasteiger partial charge on any atom is 0.305 e. The van der Waals surface area contributed by atoms with Crippen molar-refractivity contribution in [2.24, 2.45) is 11.8 Å². The summed E-state index contributed by atoms with van der Waals surface area (Å²) in [6.07, 6.45) is 29.8. The van der Waals surface area contributed by atoms with Crippen LogP contribution in [0.3, 0.4) is 0 Å². The molecule has 1 rings (SSSR count). The molecule has 0 spiro atoms. The van der Waals surface area contributed by atoms with E-state index in [2.05, 4.69) is 25.9 Å². The first-order valence-electron chi connectivity index (χ1n) is 15.4. The lowest BCUT2D eigenvalue weighted by Crippen LogP contribution is -2.27. The number of hydrogen-bond acceptors (Lipinski definition) is 3. The highest BCUT2D eigenvalue weighted by molar-refractivity contribution is 5.69. The molecule has 3 unspecified atom stereocenters. The molecular weight excluding hydrogens is 418 g/mol. The van der Waals surface area contributed by atoms with Crippen molar-refractivity contribution in [2.45, 2.75) is 161 Å². The molecule has 0 aliphatic heterocycles. The molecule has 3 nitrogen and oxygen atoms in total. The van der Waals surface area contributed by atoms with Gasteiger partial charge in [0.05, 0.1) is 6.61 Å². The number of nitrogens with zero attached hydrogens (tertiary/aromatic N) is 1. The molecule has 3 atom stereocenters. The van der Waals surface area contributed by atoms with Gasteiger partial charge < -0.3 is 9.64 Å². The topological polar surface area (TPSA) is 29.5 Å². The highest BCUT2D eigenvalue weighted by atomic mass is 16.5. The number of unbranched alkanes of at least 4 members (excludes halogenated alkanes) is 13. The lowest BCUT2D eigenvalue weighted by atomic mass is 9.99. The van der Waals surface area contributed by atoms with Gasteiger partial charge in [-0.15, -0.1) is 0 Å². The van der Waals surface area contributed by atoms with Crippen LogP contribution in [-0.4, -0.2) is 37.6 Å². The van der Waals surface area contributed by atoms with E-state index in [0.29, 0.717) is 13.0 Å². The summed E-state index contributed by atoms with van der Waals surface area (Å²) in [4.78, 5) is 13.8. The lowest BCUT2D eigenvalue weighted by Gasteiger charge is -2.24. The predicted octanol–water partition coefficient (Wildman–Crippen LogP) is 9.33. The van der Waals surface area contributed by atoms with Crippen LogP contribution in [0.15, 0.2) is 0 Å². The summed E-state index contributed by atoms with van der Waals surface area (Å²) in [5.41, 5.74) is 0. The summed E-state index contributed by atoms with van der Waals surface area (Å²) in [5, 5.41) is 0. The van der Waals surface area contributed by atoms with Crippen LogP contribution in [0.5, 0.6) is 0 Å². The van der Waals surface area contributed by atoms with Gasteiger partial charge in [-0.3, -0.25) is 4.79 Å². The molecule has 0 amide bonds. The average molecular weight is 480 g/mol. The molecule has 0 aromatic carbocycles. The molecule has 0 aromatic rings. The fourth-order valence-electron chi connectivity index (χ4n) is 5.59. The SMILES string of the molecule is CCCCCCCCCC(CCCCCCC1CC1CCCCCCCC(=O)OCC)N(C)C. The van der Waals surface area contributed by atoms with Crippen LogP contribution in [-0.2, 0) is 9.53 Å². The molecule has 1 aliphatic rings. The first-order valence-corrected chi connectivity index (χ1v) is 15.4. The van der Waals surface area contributed by atoms with Crippen LogP contribution < -0.4 is 0 Å². The highest BCUT2D eigenvalue weighted by Crippen LogP contribution is 2.45. The van der Waals surface area contributed by atoms with Gasteiger partial charge >= 0.3 is 5.97 Å². The smallest absolute Gasteiger partial charge is 0.305 e. The summed E-state index contributed by atoms with van der Waals surface area (Å²) in [6.45, 7) is 4.69. The van der Waals surface area contributed by atoms with Gasteiger partial charge in [0.25, 0.3) is 0 Å². The number of ether oxygens (including phenoxy) is 1. The molecule has 0 bridgehead atoms. The molecule has 0 N–H and O–H groups in total. The van der Waals surface area contributed by atoms with E-state index in [0.717, 1.165) is 24.3 Å². The van der Waals surface area contributed by atoms with Crippen molar-refractivity contribution in [1.82, 2.24) is 4.90 Å². The molecule has 34 heavy (non-hydrogen) atoms. The molecule has 0 saturated heterocycles. The van der Waals surface area contributed by atoms with E-state index in [9.17, 15) is 4.79 Å². The van der Waals surface area contributed by atoms with Crippen LogP contribution in [0.1, 0.15) is 155 Å². The van der Waals surface area contributed by atoms with Gasteiger partial charge in [-0.2, -0.15) is 0 Å². The third-order valence-electron chi connectivity index (χ3n) is 8.06. The van der Waals surface area contributed by atoms with Crippen LogP contribution in [0.25, 0.3) is 0 Å². The van der Waals surface area contributed by atoms with E-state index >= 15 is 0 Å². The van der Waals surface area contributed by atoms with Gasteiger partial charge in [-0.1, -0.05) is 116 Å². The third kappa shape index (κ3) is 17.8. The van der Waals surface area contributed by atoms with Crippen LogP contribution in [0.4, 0.5) is 0 Å². The van der Waals surface area contributed by atoms with Crippen molar-refractivity contribution < 1.29 is 9.53 Å². The average Bonchev–Trinajstić information content (AvgIpc) is 3.56. The monoisotopic (exact) mass is 479 g/mol. The minimum absolute atomic E-state index is 0.0238. The van der Waals surface area contributed by atoms with Crippen molar-refractivity contribution in [3.05, 3.63) is 0 Å². The Balaban J connectivity index is 1.88. The second-order valence-corrected chi connectivity index (χ2v) is 11.4. The zero-order valence-corrected chi connectivity index (χ0v) is 23.8. The normalized spacial score (nSPS) is 18.4. The summed E-state index contributed by atoms with van der Waals surface area (Å²) in [5.74, 6) is 2.07. The molecule has 3 heteroatoms. The Morgan fingerprint density at radius 3 is 1.68 bits per heavy atom. The quantitative estimate of drug-likeness (QED) is 0.0964. The second kappa shape index (κ2) is 21.7. The molecule has 0 aromatic heterocycles. The molecule has 0 radical (unpaired) electrons. The first kappa shape index (κ1) is 31.5. The summed E-state index contributed by atoms with van der Waals surface area (Å²) in [7, 11) is 4.56. The van der Waals surface area contributed by atoms with E-state index in [1.807, 2.05) is 6.92 Å². The van der Waals surface area contributed by atoms with Crippen molar-refractivity contribution in [3.63, 3.8) is 0 Å². The van der Waals surface area contributed by atoms with Crippen LogP contribution in [0, 0.1) is 11.8 Å². The van der Waals surface area contributed by atoms with Gasteiger partial charge in [0, 0.05) is 12.5 Å². The van der Waals surface area contributed by atoms with Crippen molar-refractivity contribution in [1.29, 1.82) is 0 Å². The Kier molecular flexibility index (Phi) is 20.1. The molecule has 1 aliphatic carbocycles. The number of rotatable bonds is 25. The molecule has 1 saturated carbocycles. The minimum atomic E-state index is -0.0238. The Labute approximate surface area is 214 Å². The first-order chi connectivity index (χ1) is 16.6. The Morgan fingerprint density at radius 1 is 0.706 bits per heavy atom. The summed E-state index contributed by atoms with van der Waals surface area (Å²) >= 11 is 0.